The van der Waals surface area contributed by atoms with Gasteiger partial charge < -0.3 is 9.84 Å². The molecule has 1 heterocycles. The molecule has 0 saturated carbocycles. The number of fused-ring (bicyclic) bond motifs is 1. The predicted octanol–water partition coefficient (Wildman–Crippen LogP) is 3.94. The molecule has 2 aromatic carbocycles. The highest BCUT2D eigenvalue weighted by atomic mass is 32.2. The van der Waals surface area contributed by atoms with Crippen molar-refractivity contribution in [1.82, 2.24) is 8.87 Å². The van der Waals surface area contributed by atoms with Crippen LogP contribution >= 0.6 is 0 Å². The minimum Gasteiger partial charge on any atom is -0.480 e. The van der Waals surface area contributed by atoms with Gasteiger partial charge in [-0.3, -0.25) is 4.79 Å². The first-order chi connectivity index (χ1) is 14.8. The first-order valence-corrected chi connectivity index (χ1v) is 11.1. The minimum absolute atomic E-state index is 0.107. The van der Waals surface area contributed by atoms with Crippen molar-refractivity contribution in [2.24, 2.45) is 0 Å². The molecular weight excluding hydrogens is 439 g/mol. The lowest BCUT2D eigenvalue weighted by molar-refractivity contribution is -0.137. The monoisotopic (exact) mass is 462 g/mol. The number of nitrogens with zero attached hydrogens (tertiary/aromatic N) is 2. The molecular formula is C22H23FN2O6S. The van der Waals surface area contributed by atoms with E-state index in [2.05, 4.69) is 0 Å². The summed E-state index contributed by atoms with van der Waals surface area (Å²) in [5.41, 5.74) is -0.386. The average Bonchev–Trinajstić information content (AvgIpc) is 3.05. The Bertz CT molecular complexity index is 1310. The van der Waals surface area contributed by atoms with E-state index < -0.39 is 40.0 Å². The van der Waals surface area contributed by atoms with E-state index in [1.54, 1.807) is 51.1 Å². The van der Waals surface area contributed by atoms with Crippen LogP contribution in [-0.2, 0) is 19.6 Å². The van der Waals surface area contributed by atoms with E-state index in [1.165, 1.54) is 4.57 Å². The van der Waals surface area contributed by atoms with Gasteiger partial charge in [0.2, 0.25) is 10.0 Å². The van der Waals surface area contributed by atoms with Crippen LogP contribution in [0.2, 0.25) is 0 Å². The number of halogens is 1. The zero-order valence-electron chi connectivity index (χ0n) is 18.0. The zero-order chi connectivity index (χ0) is 23.8. The van der Waals surface area contributed by atoms with Gasteiger partial charge in [-0.2, -0.15) is 4.31 Å². The van der Waals surface area contributed by atoms with Crippen LogP contribution in [0.15, 0.2) is 53.4 Å². The van der Waals surface area contributed by atoms with Crippen molar-refractivity contribution < 1.29 is 32.2 Å². The molecule has 0 bridgehead atoms. The third kappa shape index (κ3) is 4.66. The molecule has 0 radical (unpaired) electrons. The third-order valence-corrected chi connectivity index (χ3v) is 6.37. The van der Waals surface area contributed by atoms with Crippen molar-refractivity contribution in [3.05, 3.63) is 54.3 Å². The quantitative estimate of drug-likeness (QED) is 0.616. The molecule has 0 fully saturated rings. The summed E-state index contributed by atoms with van der Waals surface area (Å²) in [6.45, 7) is 4.33. The molecule has 0 aliphatic rings. The predicted molar refractivity (Wildman–Crippen MR) is 116 cm³/mol. The fraction of sp³-hybridized carbons (Fsp3) is 0.273. The number of hydrogen-bond donors (Lipinski definition) is 1. The second kappa shape index (κ2) is 8.36. The largest absolute Gasteiger partial charge is 0.480 e. The number of para-hydroxylation sites is 1. The summed E-state index contributed by atoms with van der Waals surface area (Å²) < 4.78 is 47.8. The second-order valence-electron chi connectivity index (χ2n) is 8.20. The van der Waals surface area contributed by atoms with E-state index in [1.807, 2.05) is 0 Å². The third-order valence-electron chi connectivity index (χ3n) is 4.57. The van der Waals surface area contributed by atoms with Crippen molar-refractivity contribution in [3.8, 4) is 11.3 Å². The molecule has 0 unspecified atom stereocenters. The maximum absolute atomic E-state index is 14.9. The van der Waals surface area contributed by atoms with Crippen molar-refractivity contribution in [3.63, 3.8) is 0 Å². The molecule has 10 heteroatoms. The van der Waals surface area contributed by atoms with Crippen LogP contribution in [-0.4, -0.2) is 53.7 Å². The van der Waals surface area contributed by atoms with Crippen LogP contribution < -0.4 is 0 Å². The number of aromatic nitrogens is 1. The molecule has 3 aromatic rings. The summed E-state index contributed by atoms with van der Waals surface area (Å²) in [4.78, 5) is 23.6. The van der Waals surface area contributed by atoms with E-state index in [4.69, 9.17) is 9.84 Å². The van der Waals surface area contributed by atoms with Gasteiger partial charge in [0.05, 0.1) is 16.1 Å². The Morgan fingerprint density at radius 2 is 1.78 bits per heavy atom. The Morgan fingerprint density at radius 3 is 2.41 bits per heavy atom. The molecule has 0 aliphatic heterocycles. The van der Waals surface area contributed by atoms with E-state index in [0.29, 0.717) is 15.2 Å². The van der Waals surface area contributed by atoms with E-state index in [-0.39, 0.29) is 16.2 Å². The van der Waals surface area contributed by atoms with Gasteiger partial charge in [-0.25, -0.2) is 22.2 Å². The zero-order valence-corrected chi connectivity index (χ0v) is 18.8. The summed E-state index contributed by atoms with van der Waals surface area (Å²) in [6.07, 6.45) is -0.746. The molecule has 0 atom stereocenters. The number of carbonyl (C=O) groups excluding carboxylic acids is 1. The molecule has 170 valence electrons. The fourth-order valence-electron chi connectivity index (χ4n) is 3.17. The van der Waals surface area contributed by atoms with Gasteiger partial charge >= 0.3 is 12.1 Å². The second-order valence-corrected chi connectivity index (χ2v) is 10.2. The lowest BCUT2D eigenvalue weighted by atomic mass is 10.1. The Labute approximate surface area is 184 Å². The Hall–Kier alpha value is -3.24. The topological polar surface area (TPSA) is 106 Å². The Morgan fingerprint density at radius 1 is 1.12 bits per heavy atom. The summed E-state index contributed by atoms with van der Waals surface area (Å²) in [5, 5.41) is 9.55. The molecule has 1 aromatic heterocycles. The highest BCUT2D eigenvalue weighted by molar-refractivity contribution is 7.89. The first-order valence-electron chi connectivity index (χ1n) is 9.63. The molecule has 32 heavy (non-hydrogen) atoms. The molecule has 0 spiro atoms. The average molecular weight is 462 g/mol. The Kier molecular flexibility index (Phi) is 6.12. The number of benzene rings is 2. The smallest absolute Gasteiger partial charge is 0.419 e. The highest BCUT2D eigenvalue weighted by Crippen LogP contribution is 2.33. The SMILES string of the molecule is CN(CC(=O)O)S(=O)(=O)c1ccc(F)c(-c2cc3ccccc3n2C(=O)OC(C)(C)C)c1. The number of hydrogen-bond acceptors (Lipinski definition) is 5. The van der Waals surface area contributed by atoms with Crippen LogP contribution in [0, 0.1) is 5.82 Å². The summed E-state index contributed by atoms with van der Waals surface area (Å²) in [6, 6.07) is 11.5. The van der Waals surface area contributed by atoms with Crippen molar-refractivity contribution >= 4 is 33.0 Å². The number of ether oxygens (including phenoxy) is 1. The number of carboxylic acid groups (broad SMARTS) is 1. The molecule has 0 saturated heterocycles. The minimum atomic E-state index is -4.21. The van der Waals surface area contributed by atoms with Gasteiger partial charge in [0.1, 0.15) is 18.0 Å². The van der Waals surface area contributed by atoms with E-state index in [9.17, 15) is 22.4 Å². The maximum Gasteiger partial charge on any atom is 0.419 e. The van der Waals surface area contributed by atoms with Crippen molar-refractivity contribution in [2.45, 2.75) is 31.3 Å². The number of carboxylic acids is 1. The van der Waals surface area contributed by atoms with Crippen molar-refractivity contribution in [2.75, 3.05) is 13.6 Å². The van der Waals surface area contributed by atoms with E-state index in [0.717, 1.165) is 25.2 Å². The number of sulfonamides is 1. The summed E-state index contributed by atoms with van der Waals surface area (Å²) >= 11 is 0. The molecule has 1 N–H and O–H groups in total. The van der Waals surface area contributed by atoms with Crippen LogP contribution in [0.4, 0.5) is 9.18 Å². The number of aliphatic carboxylic acids is 1. The highest BCUT2D eigenvalue weighted by Gasteiger charge is 2.27. The van der Waals surface area contributed by atoms with Gasteiger partial charge in [0.15, 0.2) is 0 Å². The summed E-state index contributed by atoms with van der Waals surface area (Å²) in [5.74, 6) is -2.08. The van der Waals surface area contributed by atoms with E-state index >= 15 is 0 Å². The molecule has 3 rings (SSSR count). The van der Waals surface area contributed by atoms with Crippen molar-refractivity contribution in [1.29, 1.82) is 0 Å². The van der Waals surface area contributed by atoms with Gasteiger partial charge in [-0.1, -0.05) is 18.2 Å². The van der Waals surface area contributed by atoms with Gasteiger partial charge in [-0.15, -0.1) is 0 Å². The maximum atomic E-state index is 14.9. The lowest BCUT2D eigenvalue weighted by Gasteiger charge is -2.21. The van der Waals surface area contributed by atoms with Gasteiger partial charge in [0.25, 0.3) is 0 Å². The van der Waals surface area contributed by atoms with Gasteiger partial charge in [0, 0.05) is 18.0 Å². The normalized spacial score (nSPS) is 12.3. The van der Waals surface area contributed by atoms with Crippen LogP contribution in [0.3, 0.4) is 0 Å². The van der Waals surface area contributed by atoms with Crippen LogP contribution in [0.25, 0.3) is 22.2 Å². The number of rotatable bonds is 5. The lowest BCUT2D eigenvalue weighted by Crippen LogP contribution is -2.32. The van der Waals surface area contributed by atoms with Gasteiger partial charge in [-0.05, 0) is 51.1 Å². The molecule has 0 aliphatic carbocycles. The standard InChI is InChI=1S/C22H23FN2O6S/c1-22(2,3)31-21(28)25-18-8-6-5-7-14(18)11-19(25)16-12-15(9-10-17(16)23)32(29,30)24(4)13-20(26)27/h5-12H,13H2,1-4H3,(H,26,27). The molecule has 0 amide bonds. The first kappa shape index (κ1) is 23.4. The fourth-order valence-corrected chi connectivity index (χ4v) is 4.32. The summed E-state index contributed by atoms with van der Waals surface area (Å²) in [7, 11) is -3.10. The van der Waals surface area contributed by atoms with Crippen LogP contribution in [0.1, 0.15) is 20.8 Å². The molecule has 8 nitrogen and oxygen atoms in total. The van der Waals surface area contributed by atoms with Crippen LogP contribution in [0.5, 0.6) is 0 Å². The Balaban J connectivity index is 2.21. The number of likely N-dealkylation sites (N-methyl/N-ethyl adjacent to an activating group) is 1. The number of carbonyl (C=O) groups is 2.